The Balaban J connectivity index is 1.71. The number of hydrogen-bond acceptors (Lipinski definition) is 2. The van der Waals surface area contributed by atoms with Crippen LogP contribution >= 0.6 is 0 Å². The van der Waals surface area contributed by atoms with Gasteiger partial charge in [-0.2, -0.15) is 0 Å². The Morgan fingerprint density at radius 3 is 2.55 bits per heavy atom. The van der Waals surface area contributed by atoms with Gasteiger partial charge in [0, 0.05) is 6.04 Å². The number of rotatable bonds is 5. The van der Waals surface area contributed by atoms with Crippen LogP contribution in [0.4, 0.5) is 0 Å². The van der Waals surface area contributed by atoms with Crippen molar-refractivity contribution in [3.05, 3.63) is 77.9 Å². The van der Waals surface area contributed by atoms with E-state index in [1.165, 1.54) is 21.9 Å². The predicted molar refractivity (Wildman–Crippen MR) is 92.2 cm³/mol. The zero-order valence-corrected chi connectivity index (χ0v) is 12.8. The van der Waals surface area contributed by atoms with Crippen molar-refractivity contribution in [2.24, 2.45) is 5.73 Å². The second-order valence-electron chi connectivity index (χ2n) is 5.60. The van der Waals surface area contributed by atoms with E-state index in [-0.39, 0.29) is 6.04 Å². The van der Waals surface area contributed by atoms with E-state index in [1.54, 1.807) is 7.11 Å². The highest BCUT2D eigenvalue weighted by atomic mass is 16.5. The van der Waals surface area contributed by atoms with E-state index in [1.807, 2.05) is 12.1 Å². The Hall–Kier alpha value is -2.32. The van der Waals surface area contributed by atoms with Crippen LogP contribution in [-0.2, 0) is 6.42 Å². The van der Waals surface area contributed by atoms with Gasteiger partial charge >= 0.3 is 0 Å². The lowest BCUT2D eigenvalue weighted by molar-refractivity contribution is 0.414. The third-order valence-electron chi connectivity index (χ3n) is 4.08. The van der Waals surface area contributed by atoms with Crippen molar-refractivity contribution in [2.45, 2.75) is 18.9 Å². The zero-order valence-electron chi connectivity index (χ0n) is 12.8. The molecule has 3 aromatic carbocycles. The molecule has 1 atom stereocenters. The maximum Gasteiger partial charge on any atom is 0.119 e. The average molecular weight is 291 g/mol. The molecule has 2 nitrogen and oxygen atoms in total. The molecule has 0 fully saturated rings. The van der Waals surface area contributed by atoms with Gasteiger partial charge in [0.1, 0.15) is 5.75 Å². The molecule has 1 unspecified atom stereocenters. The van der Waals surface area contributed by atoms with E-state index in [9.17, 15) is 0 Å². The second-order valence-corrected chi connectivity index (χ2v) is 5.60. The van der Waals surface area contributed by atoms with E-state index in [0.717, 1.165) is 18.6 Å². The summed E-state index contributed by atoms with van der Waals surface area (Å²) >= 11 is 0. The molecule has 3 aromatic rings. The molecule has 0 radical (unpaired) electrons. The lowest BCUT2D eigenvalue weighted by atomic mass is 9.97. The van der Waals surface area contributed by atoms with Gasteiger partial charge in [-0.15, -0.1) is 0 Å². The summed E-state index contributed by atoms with van der Waals surface area (Å²) in [6, 6.07) is 23.1. The van der Waals surface area contributed by atoms with Crippen LogP contribution in [0.1, 0.15) is 23.6 Å². The fourth-order valence-electron chi connectivity index (χ4n) is 2.76. The fourth-order valence-corrected chi connectivity index (χ4v) is 2.76. The Labute approximate surface area is 131 Å². The highest BCUT2D eigenvalue weighted by Crippen LogP contribution is 2.23. The molecule has 112 valence electrons. The van der Waals surface area contributed by atoms with Crippen LogP contribution < -0.4 is 10.5 Å². The summed E-state index contributed by atoms with van der Waals surface area (Å²) in [5.74, 6) is 0.900. The minimum atomic E-state index is 0.0517. The molecule has 22 heavy (non-hydrogen) atoms. The van der Waals surface area contributed by atoms with Gasteiger partial charge in [0.05, 0.1) is 7.11 Å². The van der Waals surface area contributed by atoms with Crippen LogP contribution in [0.15, 0.2) is 66.7 Å². The van der Waals surface area contributed by atoms with Gasteiger partial charge < -0.3 is 10.5 Å². The summed E-state index contributed by atoms with van der Waals surface area (Å²) in [5, 5.41) is 2.50. The number of aryl methyl sites for hydroxylation is 1. The average Bonchev–Trinajstić information content (AvgIpc) is 2.59. The molecule has 0 aliphatic heterocycles. The summed E-state index contributed by atoms with van der Waals surface area (Å²) in [7, 11) is 1.69. The van der Waals surface area contributed by atoms with Crippen LogP contribution in [0.25, 0.3) is 10.8 Å². The minimum Gasteiger partial charge on any atom is -0.497 e. The summed E-state index contributed by atoms with van der Waals surface area (Å²) in [5.41, 5.74) is 8.83. The smallest absolute Gasteiger partial charge is 0.119 e. The first kappa shape index (κ1) is 14.6. The number of hydrogen-bond donors (Lipinski definition) is 1. The van der Waals surface area contributed by atoms with Crippen LogP contribution in [0.5, 0.6) is 5.75 Å². The largest absolute Gasteiger partial charge is 0.497 e. The zero-order chi connectivity index (χ0) is 15.4. The molecule has 0 saturated carbocycles. The molecule has 0 bridgehead atoms. The van der Waals surface area contributed by atoms with E-state index in [0.29, 0.717) is 0 Å². The molecule has 3 rings (SSSR count). The lowest BCUT2D eigenvalue weighted by Crippen LogP contribution is -2.11. The van der Waals surface area contributed by atoms with Gasteiger partial charge in [0.15, 0.2) is 0 Å². The number of nitrogens with two attached hydrogens (primary N) is 1. The maximum absolute atomic E-state index is 6.37. The first-order valence-corrected chi connectivity index (χ1v) is 7.63. The van der Waals surface area contributed by atoms with E-state index >= 15 is 0 Å². The van der Waals surface area contributed by atoms with Crippen molar-refractivity contribution < 1.29 is 4.74 Å². The standard InChI is InChI=1S/C20H21NO/c1-22-19-8-4-5-15(13-19)9-12-20(21)18-11-10-16-6-2-3-7-17(16)14-18/h2-8,10-11,13-14,20H,9,12,21H2,1H3. The van der Waals surface area contributed by atoms with Gasteiger partial charge in [0.2, 0.25) is 0 Å². The second kappa shape index (κ2) is 6.63. The SMILES string of the molecule is COc1cccc(CCC(N)c2ccc3ccccc3c2)c1. The van der Waals surface area contributed by atoms with Crippen molar-refractivity contribution in [2.75, 3.05) is 7.11 Å². The first-order valence-electron chi connectivity index (χ1n) is 7.63. The number of methoxy groups -OCH3 is 1. The molecule has 0 heterocycles. The minimum absolute atomic E-state index is 0.0517. The van der Waals surface area contributed by atoms with E-state index in [2.05, 4.69) is 54.6 Å². The number of ether oxygens (including phenoxy) is 1. The Kier molecular flexibility index (Phi) is 4.40. The van der Waals surface area contributed by atoms with Crippen LogP contribution in [0.2, 0.25) is 0 Å². The highest BCUT2D eigenvalue weighted by Gasteiger charge is 2.07. The van der Waals surface area contributed by atoms with Gasteiger partial charge in [0.25, 0.3) is 0 Å². The van der Waals surface area contributed by atoms with Crippen molar-refractivity contribution in [3.8, 4) is 5.75 Å². The van der Waals surface area contributed by atoms with E-state index in [4.69, 9.17) is 10.5 Å². The van der Waals surface area contributed by atoms with Crippen LogP contribution in [0, 0.1) is 0 Å². The monoisotopic (exact) mass is 291 g/mol. The van der Waals surface area contributed by atoms with Crippen molar-refractivity contribution >= 4 is 10.8 Å². The van der Waals surface area contributed by atoms with Crippen molar-refractivity contribution in [1.29, 1.82) is 0 Å². The lowest BCUT2D eigenvalue weighted by Gasteiger charge is -2.13. The van der Waals surface area contributed by atoms with Gasteiger partial charge in [-0.1, -0.05) is 48.5 Å². The molecule has 2 heteroatoms. The van der Waals surface area contributed by atoms with Crippen molar-refractivity contribution in [3.63, 3.8) is 0 Å². The van der Waals surface area contributed by atoms with Gasteiger partial charge in [-0.05, 0) is 52.9 Å². The Morgan fingerprint density at radius 1 is 0.909 bits per heavy atom. The Bertz CT molecular complexity index is 766. The molecule has 0 aromatic heterocycles. The van der Waals surface area contributed by atoms with Gasteiger partial charge in [-0.3, -0.25) is 0 Å². The molecule has 0 saturated heterocycles. The van der Waals surface area contributed by atoms with Crippen LogP contribution in [-0.4, -0.2) is 7.11 Å². The van der Waals surface area contributed by atoms with Crippen molar-refractivity contribution in [1.82, 2.24) is 0 Å². The topological polar surface area (TPSA) is 35.2 Å². The summed E-state index contributed by atoms with van der Waals surface area (Å²) in [6.45, 7) is 0. The van der Waals surface area contributed by atoms with Crippen LogP contribution in [0.3, 0.4) is 0 Å². The van der Waals surface area contributed by atoms with E-state index < -0.39 is 0 Å². The molecule has 2 N–H and O–H groups in total. The van der Waals surface area contributed by atoms with Gasteiger partial charge in [-0.25, -0.2) is 0 Å². The molecular weight excluding hydrogens is 270 g/mol. The molecule has 0 spiro atoms. The summed E-state index contributed by atoms with van der Waals surface area (Å²) < 4.78 is 5.26. The summed E-state index contributed by atoms with van der Waals surface area (Å²) in [6.07, 6.45) is 1.87. The highest BCUT2D eigenvalue weighted by molar-refractivity contribution is 5.83. The maximum atomic E-state index is 6.37. The molecule has 0 aliphatic carbocycles. The fraction of sp³-hybridized carbons (Fsp3) is 0.200. The quantitative estimate of drug-likeness (QED) is 0.752. The molecular formula is C20H21NO. The Morgan fingerprint density at radius 2 is 1.73 bits per heavy atom. The number of benzene rings is 3. The third-order valence-corrected chi connectivity index (χ3v) is 4.08. The predicted octanol–water partition coefficient (Wildman–Crippen LogP) is 4.48. The molecule has 0 amide bonds. The third kappa shape index (κ3) is 3.29. The summed E-state index contributed by atoms with van der Waals surface area (Å²) in [4.78, 5) is 0. The first-order chi connectivity index (χ1) is 10.8. The number of fused-ring (bicyclic) bond motifs is 1. The molecule has 0 aliphatic rings. The normalized spacial score (nSPS) is 12.3.